The van der Waals surface area contributed by atoms with Crippen LogP contribution in [0.3, 0.4) is 0 Å². The number of nitrogens with zero attached hydrogens (tertiary/aromatic N) is 1. The zero-order chi connectivity index (χ0) is 10.3. The van der Waals surface area contributed by atoms with Crippen LogP contribution in [-0.2, 0) is 9.53 Å². The average molecular weight is 184 g/mol. The summed E-state index contributed by atoms with van der Waals surface area (Å²) in [6, 6.07) is 0. The minimum atomic E-state index is -0.345. The largest absolute Gasteiger partial charge is 0.462 e. The smallest absolute Gasteiger partial charge is 0.333 e. The summed E-state index contributed by atoms with van der Waals surface area (Å²) in [5, 5.41) is 3.50. The summed E-state index contributed by atoms with van der Waals surface area (Å²) in [5.41, 5.74) is 1.27. The molecule has 4 nitrogen and oxygen atoms in total. The van der Waals surface area contributed by atoms with Crippen molar-refractivity contribution in [3.8, 4) is 0 Å². The summed E-state index contributed by atoms with van der Waals surface area (Å²) in [5.74, 6) is 4.68. The maximum absolute atomic E-state index is 10.9. The van der Waals surface area contributed by atoms with E-state index < -0.39 is 0 Å². The summed E-state index contributed by atoms with van der Waals surface area (Å²) in [6.45, 7) is 7.31. The van der Waals surface area contributed by atoms with E-state index in [0.717, 1.165) is 18.6 Å². The lowest BCUT2D eigenvalue weighted by molar-refractivity contribution is -0.138. The Morgan fingerprint density at radius 3 is 2.62 bits per heavy atom. The normalized spacial score (nSPS) is 11.1. The van der Waals surface area contributed by atoms with E-state index in [2.05, 4.69) is 11.7 Å². The highest BCUT2D eigenvalue weighted by Gasteiger charge is 2.01. The Hall–Kier alpha value is -1.32. The van der Waals surface area contributed by atoms with E-state index in [1.165, 1.54) is 0 Å². The first kappa shape index (κ1) is 11.7. The second kappa shape index (κ2) is 6.22. The average Bonchev–Trinajstić information content (AvgIpc) is 2.11. The molecular formula is C9H16N2O2. The van der Waals surface area contributed by atoms with Crippen molar-refractivity contribution in [2.24, 2.45) is 10.9 Å². The van der Waals surface area contributed by atoms with Gasteiger partial charge in [0.1, 0.15) is 0 Å². The van der Waals surface area contributed by atoms with Gasteiger partial charge < -0.3 is 10.6 Å². The molecule has 0 aromatic rings. The van der Waals surface area contributed by atoms with E-state index in [0.29, 0.717) is 12.2 Å². The van der Waals surface area contributed by atoms with Crippen LogP contribution in [0.15, 0.2) is 17.3 Å². The van der Waals surface area contributed by atoms with E-state index in [1.54, 1.807) is 6.92 Å². The van der Waals surface area contributed by atoms with Gasteiger partial charge in [0.2, 0.25) is 0 Å². The zero-order valence-corrected chi connectivity index (χ0v) is 8.17. The van der Waals surface area contributed by atoms with Crippen LogP contribution in [-0.4, -0.2) is 18.3 Å². The van der Waals surface area contributed by atoms with Gasteiger partial charge in [-0.05, 0) is 26.7 Å². The molecule has 0 fully saturated rings. The molecular weight excluding hydrogens is 168 g/mol. The number of hydrazone groups is 1. The molecule has 13 heavy (non-hydrogen) atoms. The van der Waals surface area contributed by atoms with Crippen LogP contribution in [0.4, 0.5) is 0 Å². The highest BCUT2D eigenvalue weighted by molar-refractivity contribution is 5.87. The topological polar surface area (TPSA) is 64.7 Å². The predicted molar refractivity (Wildman–Crippen MR) is 52.3 cm³/mol. The lowest BCUT2D eigenvalue weighted by Gasteiger charge is -2.03. The third kappa shape index (κ3) is 5.90. The summed E-state index contributed by atoms with van der Waals surface area (Å²) in [4.78, 5) is 10.9. The highest BCUT2D eigenvalue weighted by Crippen LogP contribution is 1.96. The van der Waals surface area contributed by atoms with Gasteiger partial charge in [-0.2, -0.15) is 5.10 Å². The fraction of sp³-hybridized carbons (Fsp3) is 0.556. The number of carbonyl (C=O) groups is 1. The van der Waals surface area contributed by atoms with Gasteiger partial charge in [-0.15, -0.1) is 0 Å². The first-order valence-electron chi connectivity index (χ1n) is 4.14. The SMILES string of the molecule is C=C(C)C(=O)OCCC/C(C)=N/N. The Balaban J connectivity index is 3.47. The van der Waals surface area contributed by atoms with E-state index in [1.807, 2.05) is 6.92 Å². The zero-order valence-electron chi connectivity index (χ0n) is 8.17. The summed E-state index contributed by atoms with van der Waals surface area (Å²) in [6.07, 6.45) is 1.49. The first-order valence-corrected chi connectivity index (χ1v) is 4.14. The van der Waals surface area contributed by atoms with Gasteiger partial charge in [-0.3, -0.25) is 0 Å². The summed E-state index contributed by atoms with van der Waals surface area (Å²) < 4.78 is 4.86. The molecule has 0 aromatic heterocycles. The van der Waals surface area contributed by atoms with Gasteiger partial charge in [0.05, 0.1) is 6.61 Å². The van der Waals surface area contributed by atoms with Crippen LogP contribution in [0.5, 0.6) is 0 Å². The molecule has 2 N–H and O–H groups in total. The van der Waals surface area contributed by atoms with E-state index in [9.17, 15) is 4.79 Å². The van der Waals surface area contributed by atoms with Crippen molar-refractivity contribution < 1.29 is 9.53 Å². The maximum Gasteiger partial charge on any atom is 0.333 e. The van der Waals surface area contributed by atoms with Crippen molar-refractivity contribution >= 4 is 11.7 Å². The molecule has 0 atom stereocenters. The first-order chi connectivity index (χ1) is 6.07. The van der Waals surface area contributed by atoms with Crippen molar-refractivity contribution in [2.75, 3.05) is 6.61 Å². The van der Waals surface area contributed by atoms with E-state index >= 15 is 0 Å². The molecule has 0 saturated carbocycles. The molecule has 4 heteroatoms. The molecule has 74 valence electrons. The lowest BCUT2D eigenvalue weighted by Crippen LogP contribution is -2.07. The Morgan fingerprint density at radius 2 is 2.15 bits per heavy atom. The summed E-state index contributed by atoms with van der Waals surface area (Å²) >= 11 is 0. The minimum absolute atomic E-state index is 0.345. The molecule has 0 saturated heterocycles. The number of esters is 1. The standard InChI is InChI=1S/C9H16N2O2/c1-7(2)9(12)13-6-4-5-8(3)11-10/h1,4-6,10H2,2-3H3/b11-8+. The number of hydrogen-bond acceptors (Lipinski definition) is 4. The van der Waals surface area contributed by atoms with E-state index in [-0.39, 0.29) is 5.97 Å². The molecule has 0 aliphatic rings. The van der Waals surface area contributed by atoms with Crippen molar-refractivity contribution in [3.63, 3.8) is 0 Å². The second-order valence-electron chi connectivity index (χ2n) is 2.88. The Labute approximate surface area is 78.4 Å². The molecule has 0 heterocycles. The van der Waals surface area contributed by atoms with Gasteiger partial charge >= 0.3 is 5.97 Å². The fourth-order valence-electron chi connectivity index (χ4n) is 0.681. The predicted octanol–water partition coefficient (Wildman–Crippen LogP) is 1.22. The third-order valence-corrected chi connectivity index (χ3v) is 1.48. The minimum Gasteiger partial charge on any atom is -0.462 e. The number of hydrogen-bond donors (Lipinski definition) is 1. The van der Waals surface area contributed by atoms with Crippen LogP contribution >= 0.6 is 0 Å². The lowest BCUT2D eigenvalue weighted by atomic mass is 10.2. The Kier molecular flexibility index (Phi) is 5.59. The molecule has 0 radical (unpaired) electrons. The Bertz CT molecular complexity index is 222. The van der Waals surface area contributed by atoms with Crippen molar-refractivity contribution in [3.05, 3.63) is 12.2 Å². The molecule has 0 spiro atoms. The van der Waals surface area contributed by atoms with E-state index in [4.69, 9.17) is 10.6 Å². The molecule has 0 aromatic carbocycles. The van der Waals surface area contributed by atoms with Crippen LogP contribution < -0.4 is 5.84 Å². The van der Waals surface area contributed by atoms with Crippen LogP contribution in [0, 0.1) is 0 Å². The summed E-state index contributed by atoms with van der Waals surface area (Å²) in [7, 11) is 0. The maximum atomic E-state index is 10.9. The molecule has 0 amide bonds. The molecule has 0 aliphatic carbocycles. The van der Waals surface area contributed by atoms with Crippen LogP contribution in [0.1, 0.15) is 26.7 Å². The van der Waals surface area contributed by atoms with Gasteiger partial charge in [0, 0.05) is 11.3 Å². The van der Waals surface area contributed by atoms with Crippen molar-refractivity contribution in [2.45, 2.75) is 26.7 Å². The van der Waals surface area contributed by atoms with Gasteiger partial charge in [-0.1, -0.05) is 6.58 Å². The number of rotatable bonds is 5. The van der Waals surface area contributed by atoms with Gasteiger partial charge in [0.15, 0.2) is 0 Å². The van der Waals surface area contributed by atoms with Crippen LogP contribution in [0.2, 0.25) is 0 Å². The Morgan fingerprint density at radius 1 is 1.54 bits per heavy atom. The monoisotopic (exact) mass is 184 g/mol. The third-order valence-electron chi connectivity index (χ3n) is 1.48. The quantitative estimate of drug-likeness (QED) is 0.174. The fourth-order valence-corrected chi connectivity index (χ4v) is 0.681. The van der Waals surface area contributed by atoms with Gasteiger partial charge in [0.25, 0.3) is 0 Å². The molecule has 0 rings (SSSR count). The number of ether oxygens (including phenoxy) is 1. The second-order valence-corrected chi connectivity index (χ2v) is 2.88. The van der Waals surface area contributed by atoms with Crippen molar-refractivity contribution in [1.29, 1.82) is 0 Å². The van der Waals surface area contributed by atoms with Crippen LogP contribution in [0.25, 0.3) is 0 Å². The van der Waals surface area contributed by atoms with Crippen molar-refractivity contribution in [1.82, 2.24) is 0 Å². The number of carbonyl (C=O) groups excluding carboxylic acids is 1. The molecule has 0 aliphatic heterocycles. The molecule has 0 unspecified atom stereocenters. The van der Waals surface area contributed by atoms with Gasteiger partial charge in [-0.25, -0.2) is 4.79 Å². The number of nitrogens with two attached hydrogens (primary N) is 1. The molecule has 0 bridgehead atoms. The highest BCUT2D eigenvalue weighted by atomic mass is 16.5.